The third kappa shape index (κ3) is 4.38. The van der Waals surface area contributed by atoms with Gasteiger partial charge in [-0.25, -0.2) is 0 Å². The molecule has 2 aromatic heterocycles. The number of rotatable bonds is 7. The van der Waals surface area contributed by atoms with Crippen LogP contribution in [0, 0.1) is 6.92 Å². The van der Waals surface area contributed by atoms with Crippen LogP contribution >= 0.6 is 0 Å². The molecule has 1 atom stereocenters. The van der Waals surface area contributed by atoms with Gasteiger partial charge in [0.05, 0.1) is 24.9 Å². The van der Waals surface area contributed by atoms with Crippen LogP contribution < -0.4 is 0 Å². The Bertz CT molecular complexity index is 891. The summed E-state index contributed by atoms with van der Waals surface area (Å²) in [6.07, 6.45) is 2.33. The second-order valence-corrected chi connectivity index (χ2v) is 6.22. The quantitative estimate of drug-likeness (QED) is 0.691. The number of carbonyl (C=O) groups excluding carboxylic acids is 1. The summed E-state index contributed by atoms with van der Waals surface area (Å²) in [5.74, 6) is 0.723. The zero-order valence-electron chi connectivity index (χ0n) is 15.4. The Morgan fingerprint density at radius 1 is 1.26 bits per heavy atom. The van der Waals surface area contributed by atoms with Gasteiger partial charge in [0.2, 0.25) is 11.7 Å². The molecule has 0 unspecified atom stereocenters. The van der Waals surface area contributed by atoms with E-state index in [0.29, 0.717) is 35.8 Å². The van der Waals surface area contributed by atoms with E-state index in [1.807, 2.05) is 31.2 Å². The molecule has 27 heavy (non-hydrogen) atoms. The van der Waals surface area contributed by atoms with Crippen LogP contribution in [0.5, 0.6) is 0 Å². The lowest BCUT2D eigenvalue weighted by Crippen LogP contribution is -2.41. The van der Waals surface area contributed by atoms with Crippen LogP contribution in [-0.2, 0) is 6.54 Å². The molecule has 1 aromatic carbocycles. The Morgan fingerprint density at radius 2 is 2.11 bits per heavy atom. The van der Waals surface area contributed by atoms with Crippen LogP contribution in [0.3, 0.4) is 0 Å². The summed E-state index contributed by atoms with van der Waals surface area (Å²) in [7, 11) is 0. The fraction of sp³-hybridized carbons (Fsp3) is 0.300. The minimum atomic E-state index is -0.296. The molecular formula is C20H22N4O3. The van der Waals surface area contributed by atoms with E-state index in [2.05, 4.69) is 15.1 Å². The normalized spacial score (nSPS) is 12.0. The van der Waals surface area contributed by atoms with E-state index < -0.39 is 0 Å². The molecule has 0 fully saturated rings. The summed E-state index contributed by atoms with van der Waals surface area (Å²) in [5.41, 5.74) is 1.97. The van der Waals surface area contributed by atoms with Gasteiger partial charge in [-0.2, -0.15) is 4.98 Å². The highest BCUT2D eigenvalue weighted by Gasteiger charge is 2.24. The van der Waals surface area contributed by atoms with E-state index in [1.165, 1.54) is 0 Å². The molecule has 0 radical (unpaired) electrons. The summed E-state index contributed by atoms with van der Waals surface area (Å²) >= 11 is 0. The molecule has 0 saturated carbocycles. The molecule has 0 bridgehead atoms. The summed E-state index contributed by atoms with van der Waals surface area (Å²) in [5, 5.41) is 13.7. The monoisotopic (exact) mass is 366 g/mol. The van der Waals surface area contributed by atoms with E-state index in [1.54, 1.807) is 36.2 Å². The molecule has 7 heteroatoms. The number of carbonyl (C=O) groups is 1. The molecule has 3 rings (SSSR count). The lowest BCUT2D eigenvalue weighted by atomic mass is 10.1. The Hall–Kier alpha value is -3.06. The van der Waals surface area contributed by atoms with Crippen molar-refractivity contribution < 1.29 is 14.4 Å². The van der Waals surface area contributed by atoms with Crippen molar-refractivity contribution in [2.45, 2.75) is 32.9 Å². The van der Waals surface area contributed by atoms with Crippen molar-refractivity contribution in [1.29, 1.82) is 0 Å². The average Bonchev–Trinajstić information content (AvgIpc) is 3.15. The molecule has 140 valence electrons. The molecule has 0 spiro atoms. The summed E-state index contributed by atoms with van der Waals surface area (Å²) in [6, 6.07) is 12.4. The standard InChI is InChI=1S/C20H22N4O3/c1-3-18(13-25)24(12-17-9-4-5-10-21-17)20(26)16-8-6-7-15(11-16)19-22-14(2)27-23-19/h4-11,18,25H,3,12-13H2,1-2H3/t18-/m0/s1. The van der Waals surface area contributed by atoms with Gasteiger partial charge >= 0.3 is 0 Å². The molecule has 1 amide bonds. The fourth-order valence-electron chi connectivity index (χ4n) is 2.85. The first kappa shape index (κ1) is 18.7. The van der Waals surface area contributed by atoms with Gasteiger partial charge in [0.1, 0.15) is 0 Å². The Kier molecular flexibility index (Phi) is 5.93. The van der Waals surface area contributed by atoms with Crippen molar-refractivity contribution in [3.05, 3.63) is 65.8 Å². The van der Waals surface area contributed by atoms with E-state index in [9.17, 15) is 9.90 Å². The van der Waals surface area contributed by atoms with Crippen molar-refractivity contribution >= 4 is 5.91 Å². The number of aromatic nitrogens is 3. The lowest BCUT2D eigenvalue weighted by molar-refractivity contribution is 0.0560. The molecule has 0 saturated heterocycles. The van der Waals surface area contributed by atoms with Crippen molar-refractivity contribution in [3.63, 3.8) is 0 Å². The second kappa shape index (κ2) is 8.55. The third-order valence-electron chi connectivity index (χ3n) is 4.34. The predicted octanol–water partition coefficient (Wildman–Crippen LogP) is 2.85. The first-order valence-corrected chi connectivity index (χ1v) is 8.84. The zero-order valence-corrected chi connectivity index (χ0v) is 15.4. The van der Waals surface area contributed by atoms with Gasteiger partial charge in [0.25, 0.3) is 5.91 Å². The number of aliphatic hydroxyl groups excluding tert-OH is 1. The highest BCUT2D eigenvalue weighted by Crippen LogP contribution is 2.20. The Labute approximate surface area is 157 Å². The van der Waals surface area contributed by atoms with Gasteiger partial charge in [-0.05, 0) is 30.7 Å². The smallest absolute Gasteiger partial charge is 0.254 e. The zero-order chi connectivity index (χ0) is 19.2. The van der Waals surface area contributed by atoms with Gasteiger partial charge in [-0.3, -0.25) is 9.78 Å². The number of amides is 1. The topological polar surface area (TPSA) is 92.3 Å². The highest BCUT2D eigenvalue weighted by atomic mass is 16.5. The first-order chi connectivity index (χ1) is 13.1. The number of aliphatic hydroxyl groups is 1. The molecule has 0 aliphatic heterocycles. The molecule has 1 N–H and O–H groups in total. The van der Waals surface area contributed by atoms with E-state index in [4.69, 9.17) is 4.52 Å². The van der Waals surface area contributed by atoms with Crippen molar-refractivity contribution in [2.75, 3.05) is 6.61 Å². The predicted molar refractivity (Wildman–Crippen MR) is 99.7 cm³/mol. The fourth-order valence-corrected chi connectivity index (χ4v) is 2.85. The van der Waals surface area contributed by atoms with Gasteiger partial charge in [-0.1, -0.05) is 30.3 Å². The van der Waals surface area contributed by atoms with Crippen molar-refractivity contribution in [1.82, 2.24) is 20.0 Å². The number of nitrogens with zero attached hydrogens (tertiary/aromatic N) is 4. The van der Waals surface area contributed by atoms with Crippen LogP contribution in [0.2, 0.25) is 0 Å². The average molecular weight is 366 g/mol. The maximum atomic E-state index is 13.2. The first-order valence-electron chi connectivity index (χ1n) is 8.84. The second-order valence-electron chi connectivity index (χ2n) is 6.22. The molecule has 3 aromatic rings. The number of benzene rings is 1. The van der Waals surface area contributed by atoms with Crippen LogP contribution in [0.4, 0.5) is 0 Å². The maximum absolute atomic E-state index is 13.2. The number of hydrogen-bond donors (Lipinski definition) is 1. The molecule has 0 aliphatic carbocycles. The summed E-state index contributed by atoms with van der Waals surface area (Å²) < 4.78 is 5.02. The van der Waals surface area contributed by atoms with Crippen molar-refractivity contribution in [3.8, 4) is 11.4 Å². The van der Waals surface area contributed by atoms with Crippen LogP contribution in [0.1, 0.15) is 35.3 Å². The largest absolute Gasteiger partial charge is 0.394 e. The van der Waals surface area contributed by atoms with Gasteiger partial charge < -0.3 is 14.5 Å². The third-order valence-corrected chi connectivity index (χ3v) is 4.34. The summed E-state index contributed by atoms with van der Waals surface area (Å²) in [4.78, 5) is 23.4. The van der Waals surface area contributed by atoms with Crippen molar-refractivity contribution in [2.24, 2.45) is 0 Å². The van der Waals surface area contributed by atoms with E-state index in [-0.39, 0.29) is 18.6 Å². The molecule has 7 nitrogen and oxygen atoms in total. The number of pyridine rings is 1. The SMILES string of the molecule is CC[C@@H](CO)N(Cc1ccccn1)C(=O)c1cccc(-c2noc(C)n2)c1. The minimum Gasteiger partial charge on any atom is -0.394 e. The minimum absolute atomic E-state index is 0.112. The number of hydrogen-bond acceptors (Lipinski definition) is 6. The van der Waals surface area contributed by atoms with E-state index >= 15 is 0 Å². The highest BCUT2D eigenvalue weighted by molar-refractivity contribution is 5.95. The Balaban J connectivity index is 1.91. The van der Waals surface area contributed by atoms with Gasteiger partial charge in [0, 0.05) is 24.2 Å². The summed E-state index contributed by atoms with van der Waals surface area (Å²) in [6.45, 7) is 3.87. The Morgan fingerprint density at radius 3 is 2.74 bits per heavy atom. The van der Waals surface area contributed by atoms with Gasteiger partial charge in [-0.15, -0.1) is 0 Å². The van der Waals surface area contributed by atoms with Crippen LogP contribution in [0.25, 0.3) is 11.4 Å². The van der Waals surface area contributed by atoms with Gasteiger partial charge in [0.15, 0.2) is 0 Å². The van der Waals surface area contributed by atoms with Crippen LogP contribution in [-0.4, -0.2) is 43.7 Å². The van der Waals surface area contributed by atoms with E-state index in [0.717, 1.165) is 5.69 Å². The van der Waals surface area contributed by atoms with Crippen LogP contribution in [0.15, 0.2) is 53.2 Å². The molecule has 2 heterocycles. The maximum Gasteiger partial charge on any atom is 0.254 e. The molecular weight excluding hydrogens is 344 g/mol. The lowest BCUT2D eigenvalue weighted by Gasteiger charge is -2.30. The molecule has 0 aliphatic rings. The number of aryl methyl sites for hydroxylation is 1.